The maximum atomic E-state index is 11.1. The molecule has 0 radical (unpaired) electrons. The highest BCUT2D eigenvalue weighted by Crippen LogP contribution is 2.34. The lowest BCUT2D eigenvalue weighted by Gasteiger charge is -2.28. The van der Waals surface area contributed by atoms with Crippen LogP contribution in [0.3, 0.4) is 0 Å². The van der Waals surface area contributed by atoms with Gasteiger partial charge < -0.3 is 5.32 Å². The zero-order valence-corrected chi connectivity index (χ0v) is 10.1. The molecule has 0 fully saturated rings. The quantitative estimate of drug-likeness (QED) is 0.808. The highest BCUT2D eigenvalue weighted by atomic mass is 16.1. The topological polar surface area (TPSA) is 29.1 Å². The Bertz CT molecular complexity index is 563. The normalized spacial score (nSPS) is 17.7. The van der Waals surface area contributed by atoms with Crippen molar-refractivity contribution in [1.29, 1.82) is 0 Å². The summed E-state index contributed by atoms with van der Waals surface area (Å²) in [6.45, 7) is 0. The van der Waals surface area contributed by atoms with Crippen LogP contribution in [0.2, 0.25) is 0 Å². The molecule has 1 aliphatic rings. The van der Waals surface area contributed by atoms with E-state index in [4.69, 9.17) is 0 Å². The standard InChI is InChI=1S/C16H15NO/c18-11-14-8-4-7-13-9-10-15(17-16(13)14)12-5-2-1-3-6-12/h1-8,11,15,17H,9-10H2. The number of nitrogens with one attached hydrogen (secondary N) is 1. The maximum Gasteiger partial charge on any atom is 0.152 e. The molecule has 18 heavy (non-hydrogen) atoms. The predicted molar refractivity (Wildman–Crippen MR) is 73.0 cm³/mol. The minimum atomic E-state index is 0.305. The molecule has 0 aliphatic carbocycles. The summed E-state index contributed by atoms with van der Waals surface area (Å²) in [5.74, 6) is 0. The lowest BCUT2D eigenvalue weighted by Crippen LogP contribution is -2.19. The van der Waals surface area contributed by atoms with E-state index in [0.717, 1.165) is 30.4 Å². The Morgan fingerprint density at radius 2 is 1.89 bits per heavy atom. The van der Waals surface area contributed by atoms with Gasteiger partial charge in [0.25, 0.3) is 0 Å². The van der Waals surface area contributed by atoms with Crippen molar-refractivity contribution in [2.45, 2.75) is 18.9 Å². The number of benzene rings is 2. The summed E-state index contributed by atoms with van der Waals surface area (Å²) in [4.78, 5) is 11.1. The van der Waals surface area contributed by atoms with E-state index in [1.54, 1.807) is 0 Å². The number of para-hydroxylation sites is 1. The van der Waals surface area contributed by atoms with Gasteiger partial charge in [0.1, 0.15) is 0 Å². The Balaban J connectivity index is 1.95. The van der Waals surface area contributed by atoms with E-state index < -0.39 is 0 Å². The largest absolute Gasteiger partial charge is 0.377 e. The van der Waals surface area contributed by atoms with Crippen molar-refractivity contribution in [2.24, 2.45) is 0 Å². The van der Waals surface area contributed by atoms with Crippen LogP contribution in [0.15, 0.2) is 48.5 Å². The first-order valence-corrected chi connectivity index (χ1v) is 6.27. The minimum Gasteiger partial charge on any atom is -0.377 e. The van der Waals surface area contributed by atoms with E-state index >= 15 is 0 Å². The van der Waals surface area contributed by atoms with Gasteiger partial charge in [-0.3, -0.25) is 4.79 Å². The molecule has 2 heteroatoms. The summed E-state index contributed by atoms with van der Waals surface area (Å²) in [5.41, 5.74) is 4.29. The third-order valence-corrected chi connectivity index (χ3v) is 3.53. The molecule has 1 unspecified atom stereocenters. The summed E-state index contributed by atoms with van der Waals surface area (Å²) in [5, 5.41) is 3.50. The molecule has 1 heterocycles. The van der Waals surface area contributed by atoms with E-state index in [1.807, 2.05) is 18.2 Å². The summed E-state index contributed by atoms with van der Waals surface area (Å²) < 4.78 is 0. The Labute approximate surface area is 107 Å². The molecule has 2 nitrogen and oxygen atoms in total. The summed E-state index contributed by atoms with van der Waals surface area (Å²) >= 11 is 0. The van der Waals surface area contributed by atoms with E-state index in [2.05, 4.69) is 35.6 Å². The number of rotatable bonds is 2. The van der Waals surface area contributed by atoms with Gasteiger partial charge in [-0.15, -0.1) is 0 Å². The Morgan fingerprint density at radius 1 is 1.06 bits per heavy atom. The van der Waals surface area contributed by atoms with Gasteiger partial charge in [0.05, 0.1) is 6.04 Å². The molecule has 1 aliphatic heterocycles. The van der Waals surface area contributed by atoms with Crippen molar-refractivity contribution in [1.82, 2.24) is 0 Å². The summed E-state index contributed by atoms with van der Waals surface area (Å²) in [6.07, 6.45) is 3.02. The number of carbonyl (C=O) groups excluding carboxylic acids is 1. The monoisotopic (exact) mass is 237 g/mol. The number of aldehydes is 1. The SMILES string of the molecule is O=Cc1cccc2c1NC(c1ccccc1)CC2. The summed E-state index contributed by atoms with van der Waals surface area (Å²) in [6, 6.07) is 16.6. The third-order valence-electron chi connectivity index (χ3n) is 3.53. The fraction of sp³-hybridized carbons (Fsp3) is 0.188. The number of aryl methyl sites for hydroxylation is 1. The van der Waals surface area contributed by atoms with Crippen LogP contribution in [-0.2, 0) is 6.42 Å². The first-order chi connectivity index (χ1) is 8.88. The van der Waals surface area contributed by atoms with Crippen LogP contribution in [0.5, 0.6) is 0 Å². The van der Waals surface area contributed by atoms with Gasteiger partial charge in [-0.25, -0.2) is 0 Å². The second-order valence-corrected chi connectivity index (χ2v) is 4.65. The molecule has 0 saturated carbocycles. The average Bonchev–Trinajstić information content (AvgIpc) is 2.47. The zero-order chi connectivity index (χ0) is 12.4. The number of hydrogen-bond acceptors (Lipinski definition) is 2. The van der Waals surface area contributed by atoms with E-state index in [-0.39, 0.29) is 0 Å². The van der Waals surface area contributed by atoms with Crippen LogP contribution < -0.4 is 5.32 Å². The molecule has 0 aromatic heterocycles. The number of carbonyl (C=O) groups is 1. The molecule has 2 aromatic rings. The summed E-state index contributed by atoms with van der Waals surface area (Å²) in [7, 11) is 0. The van der Waals surface area contributed by atoms with Crippen LogP contribution in [0.25, 0.3) is 0 Å². The highest BCUT2D eigenvalue weighted by Gasteiger charge is 2.20. The second kappa shape index (κ2) is 4.65. The van der Waals surface area contributed by atoms with Crippen molar-refractivity contribution in [3.8, 4) is 0 Å². The van der Waals surface area contributed by atoms with Crippen molar-refractivity contribution >= 4 is 12.0 Å². The number of fused-ring (bicyclic) bond motifs is 1. The molecule has 0 spiro atoms. The van der Waals surface area contributed by atoms with Gasteiger partial charge in [-0.2, -0.15) is 0 Å². The van der Waals surface area contributed by atoms with Gasteiger partial charge in [0.2, 0.25) is 0 Å². The molecule has 0 amide bonds. The van der Waals surface area contributed by atoms with Crippen LogP contribution in [0, 0.1) is 0 Å². The molecule has 2 aromatic carbocycles. The van der Waals surface area contributed by atoms with Crippen LogP contribution in [-0.4, -0.2) is 6.29 Å². The number of hydrogen-bond donors (Lipinski definition) is 1. The molecule has 0 saturated heterocycles. The smallest absolute Gasteiger partial charge is 0.152 e. The van der Waals surface area contributed by atoms with Crippen molar-refractivity contribution in [3.63, 3.8) is 0 Å². The first-order valence-electron chi connectivity index (χ1n) is 6.27. The Kier molecular flexibility index (Phi) is 2.85. The highest BCUT2D eigenvalue weighted by molar-refractivity contribution is 5.86. The fourth-order valence-corrected chi connectivity index (χ4v) is 2.58. The van der Waals surface area contributed by atoms with Gasteiger partial charge >= 0.3 is 0 Å². The van der Waals surface area contributed by atoms with Crippen molar-refractivity contribution in [3.05, 3.63) is 65.2 Å². The van der Waals surface area contributed by atoms with Crippen molar-refractivity contribution in [2.75, 3.05) is 5.32 Å². The average molecular weight is 237 g/mol. The number of anilines is 1. The van der Waals surface area contributed by atoms with Gasteiger partial charge in [0.15, 0.2) is 6.29 Å². The molecular formula is C16H15NO. The van der Waals surface area contributed by atoms with Crippen LogP contribution >= 0.6 is 0 Å². The fourth-order valence-electron chi connectivity index (χ4n) is 2.58. The molecular weight excluding hydrogens is 222 g/mol. The molecule has 90 valence electrons. The first kappa shape index (κ1) is 11.0. The molecule has 1 N–H and O–H groups in total. The molecule has 3 rings (SSSR count). The van der Waals surface area contributed by atoms with Crippen LogP contribution in [0.1, 0.15) is 33.9 Å². The molecule has 0 bridgehead atoms. The van der Waals surface area contributed by atoms with Crippen LogP contribution in [0.4, 0.5) is 5.69 Å². The Morgan fingerprint density at radius 3 is 2.67 bits per heavy atom. The zero-order valence-electron chi connectivity index (χ0n) is 10.1. The lowest BCUT2D eigenvalue weighted by atomic mass is 9.92. The predicted octanol–water partition coefficient (Wildman–Crippen LogP) is 3.60. The third kappa shape index (κ3) is 1.90. The Hall–Kier alpha value is -2.09. The van der Waals surface area contributed by atoms with Gasteiger partial charge in [-0.05, 0) is 30.0 Å². The van der Waals surface area contributed by atoms with E-state index in [9.17, 15) is 4.79 Å². The second-order valence-electron chi connectivity index (χ2n) is 4.65. The van der Waals surface area contributed by atoms with Gasteiger partial charge in [0, 0.05) is 11.3 Å². The lowest BCUT2D eigenvalue weighted by molar-refractivity contribution is 0.112. The molecule has 1 atom stereocenters. The minimum absolute atomic E-state index is 0.305. The maximum absolute atomic E-state index is 11.1. The van der Waals surface area contributed by atoms with Gasteiger partial charge in [-0.1, -0.05) is 42.5 Å². The van der Waals surface area contributed by atoms with Crippen molar-refractivity contribution < 1.29 is 4.79 Å². The van der Waals surface area contributed by atoms with E-state index in [0.29, 0.717) is 6.04 Å². The van der Waals surface area contributed by atoms with E-state index in [1.165, 1.54) is 11.1 Å².